The number of sulfonamides is 1. The van der Waals surface area contributed by atoms with Crippen LogP contribution in [0.3, 0.4) is 0 Å². The Bertz CT molecular complexity index is 1410. The average Bonchev–Trinajstić information content (AvgIpc) is 3.53. The molecule has 1 amide bonds. The van der Waals surface area contributed by atoms with Gasteiger partial charge in [0, 0.05) is 55.2 Å². The van der Waals surface area contributed by atoms with Crippen molar-refractivity contribution in [2.75, 3.05) is 35.8 Å². The second-order valence-electron chi connectivity index (χ2n) is 8.29. The predicted octanol–water partition coefficient (Wildman–Crippen LogP) is 2.61. The Morgan fingerprint density at radius 1 is 1.06 bits per heavy atom. The van der Waals surface area contributed by atoms with E-state index >= 15 is 0 Å². The number of thiazole rings is 1. The van der Waals surface area contributed by atoms with Crippen molar-refractivity contribution in [2.24, 2.45) is 0 Å². The molecule has 4 aromatic rings. The van der Waals surface area contributed by atoms with E-state index in [4.69, 9.17) is 0 Å². The maximum Gasteiger partial charge on any atom is 0.263 e. The van der Waals surface area contributed by atoms with Gasteiger partial charge in [-0.15, -0.1) is 11.3 Å². The number of nitrogens with zero attached hydrogens (tertiary/aromatic N) is 4. The summed E-state index contributed by atoms with van der Waals surface area (Å²) in [5.41, 5.74) is 1.86. The zero-order valence-corrected chi connectivity index (χ0v) is 20.5. The standard InChI is InChI=1S/C24H25N5O4S2/c30-22(17-29-11-9-18-3-1-2-4-21(18)29)23(31)28-14-12-27(13-15-28)19-5-7-20(8-6-19)35(32,33)26-24-25-10-16-34-24/h1-11,16,22,30H,12-15,17H2,(H,25,26)/t22-/m1/s1. The fourth-order valence-electron chi connectivity index (χ4n) is 4.24. The molecule has 0 saturated carbocycles. The highest BCUT2D eigenvalue weighted by molar-refractivity contribution is 7.93. The predicted molar refractivity (Wildman–Crippen MR) is 136 cm³/mol. The summed E-state index contributed by atoms with van der Waals surface area (Å²) in [5.74, 6) is -0.280. The van der Waals surface area contributed by atoms with Crippen LogP contribution in [0.4, 0.5) is 10.8 Å². The highest BCUT2D eigenvalue weighted by Crippen LogP contribution is 2.23. The summed E-state index contributed by atoms with van der Waals surface area (Å²) in [6, 6.07) is 16.5. The van der Waals surface area contributed by atoms with Gasteiger partial charge in [0.2, 0.25) is 0 Å². The zero-order valence-electron chi connectivity index (χ0n) is 18.8. The minimum absolute atomic E-state index is 0.158. The van der Waals surface area contributed by atoms with E-state index in [9.17, 15) is 18.3 Å². The van der Waals surface area contributed by atoms with Crippen molar-refractivity contribution in [1.29, 1.82) is 0 Å². The first-order chi connectivity index (χ1) is 16.9. The molecule has 0 unspecified atom stereocenters. The molecule has 0 aliphatic carbocycles. The highest BCUT2D eigenvalue weighted by atomic mass is 32.2. The van der Waals surface area contributed by atoms with Gasteiger partial charge in [-0.2, -0.15) is 0 Å². The van der Waals surface area contributed by atoms with Crippen molar-refractivity contribution in [1.82, 2.24) is 14.5 Å². The number of piperazine rings is 1. The second kappa shape index (κ2) is 9.68. The van der Waals surface area contributed by atoms with Crippen LogP contribution in [-0.4, -0.2) is 66.2 Å². The van der Waals surface area contributed by atoms with Gasteiger partial charge >= 0.3 is 0 Å². The van der Waals surface area contributed by atoms with Crippen LogP contribution in [0, 0.1) is 0 Å². The number of rotatable bonds is 7. The number of aromatic nitrogens is 2. The van der Waals surface area contributed by atoms with E-state index in [1.807, 2.05) is 41.1 Å². The Labute approximate surface area is 207 Å². The van der Waals surface area contributed by atoms with Crippen LogP contribution >= 0.6 is 11.3 Å². The van der Waals surface area contributed by atoms with Gasteiger partial charge in [-0.3, -0.25) is 9.52 Å². The van der Waals surface area contributed by atoms with Gasteiger partial charge in [0.15, 0.2) is 11.2 Å². The molecule has 0 spiro atoms. The van der Waals surface area contributed by atoms with Crippen molar-refractivity contribution in [3.8, 4) is 0 Å². The molecule has 2 N–H and O–H groups in total. The molecule has 0 bridgehead atoms. The van der Waals surface area contributed by atoms with Crippen molar-refractivity contribution >= 4 is 49.0 Å². The fourth-order valence-corrected chi connectivity index (χ4v) is 6.03. The third-order valence-electron chi connectivity index (χ3n) is 6.09. The number of para-hydroxylation sites is 1. The summed E-state index contributed by atoms with van der Waals surface area (Å²) >= 11 is 1.21. The van der Waals surface area contributed by atoms with Crippen LogP contribution < -0.4 is 9.62 Å². The van der Waals surface area contributed by atoms with Crippen LogP contribution in [0.25, 0.3) is 10.9 Å². The Kier molecular flexibility index (Phi) is 6.46. The quantitative estimate of drug-likeness (QED) is 0.395. The lowest BCUT2D eigenvalue weighted by atomic mass is 10.2. The lowest BCUT2D eigenvalue weighted by Crippen LogP contribution is -2.52. The van der Waals surface area contributed by atoms with Crippen LogP contribution in [0.1, 0.15) is 0 Å². The lowest BCUT2D eigenvalue weighted by molar-refractivity contribution is -0.141. The number of nitrogens with one attached hydrogen (secondary N) is 1. The number of amides is 1. The molecule has 2 aromatic heterocycles. The normalized spacial score (nSPS) is 15.3. The van der Waals surface area contributed by atoms with E-state index < -0.39 is 16.1 Å². The van der Waals surface area contributed by atoms with Crippen LogP contribution in [0.5, 0.6) is 0 Å². The molecular weight excluding hydrogens is 486 g/mol. The molecule has 1 saturated heterocycles. The van der Waals surface area contributed by atoms with Crippen molar-refractivity contribution < 1.29 is 18.3 Å². The number of hydrogen-bond acceptors (Lipinski definition) is 7. The topological polar surface area (TPSA) is 108 Å². The molecular formula is C24H25N5O4S2. The van der Waals surface area contributed by atoms with Crippen LogP contribution in [0.15, 0.2) is 77.3 Å². The molecule has 11 heteroatoms. The Hall–Kier alpha value is -3.41. The third-order valence-corrected chi connectivity index (χ3v) is 8.27. The monoisotopic (exact) mass is 511 g/mol. The number of carbonyl (C=O) groups excluding carboxylic acids is 1. The maximum atomic E-state index is 12.9. The molecule has 0 radical (unpaired) electrons. The molecule has 1 fully saturated rings. The molecule has 1 aliphatic rings. The van der Waals surface area contributed by atoms with E-state index in [2.05, 4.69) is 14.6 Å². The molecule has 3 heterocycles. The van der Waals surface area contributed by atoms with Gasteiger partial charge in [-0.1, -0.05) is 18.2 Å². The highest BCUT2D eigenvalue weighted by Gasteiger charge is 2.27. The van der Waals surface area contributed by atoms with Gasteiger partial charge < -0.3 is 19.5 Å². The van der Waals surface area contributed by atoms with E-state index in [-0.39, 0.29) is 17.3 Å². The van der Waals surface area contributed by atoms with E-state index in [1.165, 1.54) is 17.5 Å². The van der Waals surface area contributed by atoms with E-state index in [1.54, 1.807) is 34.5 Å². The van der Waals surface area contributed by atoms with Crippen molar-refractivity contribution in [2.45, 2.75) is 17.5 Å². The van der Waals surface area contributed by atoms with Gasteiger partial charge in [-0.25, -0.2) is 13.4 Å². The SMILES string of the molecule is O=C([C@H](O)Cn1ccc2ccccc21)N1CCN(c2ccc(S(=O)(=O)Nc3nccs3)cc2)CC1. The second-order valence-corrected chi connectivity index (χ2v) is 10.9. The molecule has 35 heavy (non-hydrogen) atoms. The fraction of sp³-hybridized carbons (Fsp3) is 0.250. The van der Waals surface area contributed by atoms with E-state index in [0.29, 0.717) is 31.3 Å². The molecule has 9 nitrogen and oxygen atoms in total. The van der Waals surface area contributed by atoms with Gasteiger partial charge in [-0.05, 0) is 41.8 Å². The zero-order chi connectivity index (χ0) is 24.4. The lowest BCUT2D eigenvalue weighted by Gasteiger charge is -2.37. The number of benzene rings is 2. The first-order valence-corrected chi connectivity index (χ1v) is 13.5. The summed E-state index contributed by atoms with van der Waals surface area (Å²) < 4.78 is 29.4. The van der Waals surface area contributed by atoms with E-state index in [0.717, 1.165) is 16.6 Å². The minimum Gasteiger partial charge on any atom is -0.381 e. The van der Waals surface area contributed by atoms with Gasteiger partial charge in [0.1, 0.15) is 0 Å². The molecule has 2 aromatic carbocycles. The molecule has 5 rings (SSSR count). The summed E-state index contributed by atoms with van der Waals surface area (Å²) in [4.78, 5) is 20.7. The molecule has 182 valence electrons. The Morgan fingerprint density at radius 3 is 2.51 bits per heavy atom. The minimum atomic E-state index is -3.70. The summed E-state index contributed by atoms with van der Waals surface area (Å²) in [6.45, 7) is 2.35. The number of fused-ring (bicyclic) bond motifs is 1. The first kappa shape index (κ1) is 23.3. The number of hydrogen-bond donors (Lipinski definition) is 2. The van der Waals surface area contributed by atoms with Crippen molar-refractivity contribution in [3.05, 3.63) is 72.4 Å². The smallest absolute Gasteiger partial charge is 0.263 e. The third kappa shape index (κ3) is 5.02. The number of anilines is 2. The van der Waals surface area contributed by atoms with Crippen LogP contribution in [0.2, 0.25) is 0 Å². The Morgan fingerprint density at radius 2 is 1.80 bits per heavy atom. The molecule has 1 aliphatic heterocycles. The van der Waals surface area contributed by atoms with Gasteiger partial charge in [0.05, 0.1) is 11.4 Å². The summed E-state index contributed by atoms with van der Waals surface area (Å²) in [7, 11) is -3.70. The van der Waals surface area contributed by atoms with Gasteiger partial charge in [0.25, 0.3) is 15.9 Å². The Balaban J connectivity index is 1.17. The number of aliphatic hydroxyl groups excluding tert-OH is 1. The number of aliphatic hydroxyl groups is 1. The first-order valence-electron chi connectivity index (χ1n) is 11.2. The summed E-state index contributed by atoms with van der Waals surface area (Å²) in [6.07, 6.45) is 2.31. The van der Waals surface area contributed by atoms with Crippen molar-refractivity contribution in [3.63, 3.8) is 0 Å². The summed E-state index contributed by atoms with van der Waals surface area (Å²) in [5, 5.41) is 13.7. The number of carbonyl (C=O) groups is 1. The molecule has 1 atom stereocenters. The largest absolute Gasteiger partial charge is 0.381 e. The van der Waals surface area contributed by atoms with Crippen LogP contribution in [-0.2, 0) is 21.4 Å². The maximum absolute atomic E-state index is 12.9. The average molecular weight is 512 g/mol.